The molecule has 2 aliphatic carbocycles. The Hall–Kier alpha value is -2.68. The fourth-order valence-electron chi connectivity index (χ4n) is 5.39. The molecular weight excluding hydrogens is 396 g/mol. The molecule has 32 heavy (non-hydrogen) atoms. The summed E-state index contributed by atoms with van der Waals surface area (Å²) in [5.41, 5.74) is 4.11. The average molecular weight is 431 g/mol. The van der Waals surface area contributed by atoms with Crippen LogP contribution in [-0.4, -0.2) is 17.9 Å². The summed E-state index contributed by atoms with van der Waals surface area (Å²) < 4.78 is 6.10. The molecule has 0 unspecified atom stereocenters. The van der Waals surface area contributed by atoms with Gasteiger partial charge in [-0.05, 0) is 59.8 Å². The molecule has 1 saturated carbocycles. The summed E-state index contributed by atoms with van der Waals surface area (Å²) in [6, 6.07) is 19.2. The van der Waals surface area contributed by atoms with Gasteiger partial charge in [-0.15, -0.1) is 0 Å². The minimum atomic E-state index is -0.294. The first-order valence-electron chi connectivity index (χ1n) is 11.9. The summed E-state index contributed by atoms with van der Waals surface area (Å²) in [6.07, 6.45) is 6.34. The van der Waals surface area contributed by atoms with Crippen LogP contribution in [0.1, 0.15) is 64.9 Å². The fourth-order valence-corrected chi connectivity index (χ4v) is 5.39. The number of ketones is 1. The zero-order valence-corrected chi connectivity index (χ0v) is 19.5. The maximum Gasteiger partial charge on any atom is 0.334 e. The van der Waals surface area contributed by atoms with Crippen molar-refractivity contribution in [2.45, 2.75) is 70.8 Å². The number of carbonyl (C=O) groups is 2. The van der Waals surface area contributed by atoms with E-state index in [1.165, 1.54) is 22.8 Å². The summed E-state index contributed by atoms with van der Waals surface area (Å²) >= 11 is 0. The Bertz CT molecular complexity index is 985. The second-order valence-corrected chi connectivity index (χ2v) is 10.1. The monoisotopic (exact) mass is 430 g/mol. The van der Waals surface area contributed by atoms with Gasteiger partial charge in [0.1, 0.15) is 6.10 Å². The third kappa shape index (κ3) is 4.87. The minimum Gasteiger partial charge on any atom is -0.459 e. The zero-order chi connectivity index (χ0) is 22.7. The molecule has 4 rings (SSSR count). The van der Waals surface area contributed by atoms with E-state index < -0.39 is 0 Å². The Labute approximate surface area is 191 Å². The molecule has 2 aromatic carbocycles. The number of rotatable bonds is 5. The van der Waals surface area contributed by atoms with Crippen LogP contribution in [-0.2, 0) is 19.7 Å². The van der Waals surface area contributed by atoms with E-state index in [1.54, 1.807) is 0 Å². The minimum absolute atomic E-state index is 0.0376. The first-order valence-corrected chi connectivity index (χ1v) is 11.9. The van der Waals surface area contributed by atoms with Crippen LogP contribution < -0.4 is 0 Å². The third-order valence-electron chi connectivity index (χ3n) is 7.44. The SMILES string of the molecule is C[C@@H]1CC[C@@H](C(C)(C)c2ccc(-c3ccccc3)cc2)[C@H](OC(=O)C2=CC(=O)CCC2)C1. The number of hydrogen-bond donors (Lipinski definition) is 0. The fraction of sp³-hybridized carbons (Fsp3) is 0.448. The number of allylic oxidation sites excluding steroid dienone is 1. The van der Waals surface area contributed by atoms with E-state index in [-0.39, 0.29) is 29.2 Å². The normalized spacial score (nSPS) is 24.0. The molecule has 2 aromatic rings. The molecule has 0 bridgehead atoms. The van der Waals surface area contributed by atoms with Gasteiger partial charge in [0.15, 0.2) is 5.78 Å². The van der Waals surface area contributed by atoms with Crippen molar-refractivity contribution in [1.82, 2.24) is 0 Å². The van der Waals surface area contributed by atoms with Crippen LogP contribution in [0.25, 0.3) is 11.1 Å². The van der Waals surface area contributed by atoms with E-state index in [9.17, 15) is 9.59 Å². The van der Waals surface area contributed by atoms with E-state index in [0.29, 0.717) is 24.3 Å². The number of esters is 1. The topological polar surface area (TPSA) is 43.4 Å². The summed E-state index contributed by atoms with van der Waals surface area (Å²) in [5.74, 6) is 0.514. The summed E-state index contributed by atoms with van der Waals surface area (Å²) in [5, 5.41) is 0. The van der Waals surface area contributed by atoms with Crippen LogP contribution >= 0.6 is 0 Å². The molecule has 0 heterocycles. The lowest BCUT2D eigenvalue weighted by molar-refractivity contribution is -0.152. The van der Waals surface area contributed by atoms with Gasteiger partial charge in [-0.2, -0.15) is 0 Å². The van der Waals surface area contributed by atoms with Crippen molar-refractivity contribution >= 4 is 11.8 Å². The largest absolute Gasteiger partial charge is 0.459 e. The standard InChI is InChI=1S/C29H34O3/c1-20-12-17-26(27(18-20)32-28(31)23-10-7-11-25(30)19-23)29(2,3)24-15-13-22(14-16-24)21-8-5-4-6-9-21/h4-6,8-9,13-16,19-20,26-27H,7,10-12,17-18H2,1-3H3/t20-,26-,27-/m1/s1. The highest BCUT2D eigenvalue weighted by molar-refractivity contribution is 6.00. The van der Waals surface area contributed by atoms with Crippen molar-refractivity contribution in [2.24, 2.45) is 11.8 Å². The first kappa shape index (κ1) is 22.5. The first-order chi connectivity index (χ1) is 15.3. The predicted molar refractivity (Wildman–Crippen MR) is 128 cm³/mol. The van der Waals surface area contributed by atoms with Gasteiger partial charge >= 0.3 is 5.97 Å². The maximum atomic E-state index is 12.9. The van der Waals surface area contributed by atoms with Crippen LogP contribution in [0.5, 0.6) is 0 Å². The van der Waals surface area contributed by atoms with Gasteiger partial charge in [-0.1, -0.05) is 81.8 Å². The van der Waals surface area contributed by atoms with Crippen molar-refractivity contribution in [3.63, 3.8) is 0 Å². The van der Waals surface area contributed by atoms with E-state index in [0.717, 1.165) is 25.7 Å². The van der Waals surface area contributed by atoms with E-state index in [2.05, 4.69) is 69.3 Å². The molecule has 0 aliphatic heterocycles. The lowest BCUT2D eigenvalue weighted by Crippen LogP contribution is -2.43. The number of ether oxygens (including phenoxy) is 1. The molecule has 0 radical (unpaired) electrons. The predicted octanol–water partition coefficient (Wildman–Crippen LogP) is 6.66. The molecule has 0 spiro atoms. The number of carbonyl (C=O) groups excluding carboxylic acids is 2. The Morgan fingerprint density at radius 1 is 0.938 bits per heavy atom. The molecule has 3 nitrogen and oxygen atoms in total. The molecule has 0 amide bonds. The zero-order valence-electron chi connectivity index (χ0n) is 19.5. The van der Waals surface area contributed by atoms with Crippen molar-refractivity contribution in [1.29, 1.82) is 0 Å². The Morgan fingerprint density at radius 2 is 1.62 bits per heavy atom. The van der Waals surface area contributed by atoms with Gasteiger partial charge in [-0.25, -0.2) is 4.79 Å². The van der Waals surface area contributed by atoms with Crippen molar-refractivity contribution in [2.75, 3.05) is 0 Å². The summed E-state index contributed by atoms with van der Waals surface area (Å²) in [7, 11) is 0. The second-order valence-electron chi connectivity index (χ2n) is 10.1. The van der Waals surface area contributed by atoms with Gasteiger partial charge < -0.3 is 4.74 Å². The van der Waals surface area contributed by atoms with E-state index in [4.69, 9.17) is 4.74 Å². The highest BCUT2D eigenvalue weighted by atomic mass is 16.5. The van der Waals surface area contributed by atoms with Crippen LogP contribution in [0.3, 0.4) is 0 Å². The Morgan fingerprint density at radius 3 is 2.31 bits per heavy atom. The average Bonchev–Trinajstić information content (AvgIpc) is 2.79. The highest BCUT2D eigenvalue weighted by Gasteiger charge is 2.42. The van der Waals surface area contributed by atoms with Crippen LogP contribution in [0, 0.1) is 11.8 Å². The van der Waals surface area contributed by atoms with Crippen molar-refractivity contribution < 1.29 is 14.3 Å². The van der Waals surface area contributed by atoms with Crippen molar-refractivity contribution in [3.8, 4) is 11.1 Å². The van der Waals surface area contributed by atoms with Crippen molar-refractivity contribution in [3.05, 3.63) is 71.8 Å². The Kier molecular flexibility index (Phi) is 6.64. The van der Waals surface area contributed by atoms with Crippen LogP contribution in [0.2, 0.25) is 0 Å². The maximum absolute atomic E-state index is 12.9. The van der Waals surface area contributed by atoms with Gasteiger partial charge in [0.2, 0.25) is 0 Å². The van der Waals surface area contributed by atoms with Gasteiger partial charge in [0, 0.05) is 17.9 Å². The molecule has 0 aromatic heterocycles. The molecule has 1 fully saturated rings. The molecule has 0 N–H and O–H groups in total. The van der Waals surface area contributed by atoms with Crippen LogP contribution in [0.4, 0.5) is 0 Å². The molecule has 2 aliphatic rings. The molecule has 3 heteroatoms. The smallest absolute Gasteiger partial charge is 0.334 e. The Balaban J connectivity index is 1.54. The number of hydrogen-bond acceptors (Lipinski definition) is 3. The van der Waals surface area contributed by atoms with Gasteiger partial charge in [-0.3, -0.25) is 4.79 Å². The lowest BCUT2D eigenvalue weighted by Gasteiger charge is -2.44. The molecular formula is C29H34O3. The summed E-state index contributed by atoms with van der Waals surface area (Å²) in [6.45, 7) is 6.78. The van der Waals surface area contributed by atoms with Gasteiger partial charge in [0.05, 0.1) is 0 Å². The van der Waals surface area contributed by atoms with E-state index in [1.807, 2.05) is 6.07 Å². The quantitative estimate of drug-likeness (QED) is 0.498. The lowest BCUT2D eigenvalue weighted by atomic mass is 9.64. The highest BCUT2D eigenvalue weighted by Crippen LogP contribution is 2.44. The molecule has 0 saturated heterocycles. The van der Waals surface area contributed by atoms with E-state index >= 15 is 0 Å². The van der Waals surface area contributed by atoms with Crippen LogP contribution in [0.15, 0.2) is 66.2 Å². The third-order valence-corrected chi connectivity index (χ3v) is 7.44. The summed E-state index contributed by atoms with van der Waals surface area (Å²) in [4.78, 5) is 24.7. The molecule has 168 valence electrons. The molecule has 3 atom stereocenters. The van der Waals surface area contributed by atoms with Gasteiger partial charge in [0.25, 0.3) is 0 Å². The second kappa shape index (κ2) is 9.44. The number of benzene rings is 2.